The smallest absolute Gasteiger partial charge is 0.288 e. The summed E-state index contributed by atoms with van der Waals surface area (Å²) in [4.78, 5) is 19.7. The first kappa shape index (κ1) is 17.5. The van der Waals surface area contributed by atoms with E-state index in [4.69, 9.17) is 0 Å². The maximum absolute atomic E-state index is 12.9. The number of hydrogen-bond donors (Lipinski definition) is 2. The number of amides is 1. The second kappa shape index (κ2) is 6.34. The molecule has 1 aromatic carbocycles. The summed E-state index contributed by atoms with van der Waals surface area (Å²) in [5, 5.41) is 4.60. The number of benzene rings is 1. The van der Waals surface area contributed by atoms with Gasteiger partial charge in [0.25, 0.3) is 10.6 Å². The van der Waals surface area contributed by atoms with E-state index in [-0.39, 0.29) is 18.1 Å². The van der Waals surface area contributed by atoms with Crippen LogP contribution in [0.15, 0.2) is 42.0 Å². The Morgan fingerprint density at radius 3 is 2.89 bits per heavy atom. The van der Waals surface area contributed by atoms with E-state index in [9.17, 15) is 18.0 Å². The molecule has 4 rings (SSSR count). The Morgan fingerprint density at radius 2 is 2.11 bits per heavy atom. The van der Waals surface area contributed by atoms with Gasteiger partial charge in [0.05, 0.1) is 11.9 Å². The van der Waals surface area contributed by atoms with Crippen molar-refractivity contribution in [3.05, 3.63) is 59.0 Å². The molecule has 4 aromatic rings. The first-order valence-corrected chi connectivity index (χ1v) is 8.93. The summed E-state index contributed by atoms with van der Waals surface area (Å²) in [6, 6.07) is 9.39. The maximum atomic E-state index is 12.9. The van der Waals surface area contributed by atoms with E-state index in [0.29, 0.717) is 4.83 Å². The highest BCUT2D eigenvalue weighted by molar-refractivity contribution is 7.15. The van der Waals surface area contributed by atoms with Crippen molar-refractivity contribution in [1.82, 2.24) is 9.97 Å². The average Bonchev–Trinajstić information content (AvgIpc) is 3.17. The molecule has 0 aliphatic rings. The SMILES string of the molecule is Cc1ccc2cc(CC(=O)Nc3[nH]c[n+]4c(C(F)(F)F)csc34)ccc2n1. The molecule has 138 valence electrons. The molecule has 0 spiro atoms. The van der Waals surface area contributed by atoms with Crippen LogP contribution in [-0.2, 0) is 17.4 Å². The van der Waals surface area contributed by atoms with Crippen LogP contribution in [0.1, 0.15) is 17.0 Å². The first-order valence-electron chi connectivity index (χ1n) is 8.05. The number of rotatable bonds is 3. The number of nitrogens with zero attached hydrogens (tertiary/aromatic N) is 2. The minimum absolute atomic E-state index is 0.104. The number of hydrogen-bond acceptors (Lipinski definition) is 3. The van der Waals surface area contributed by atoms with Crippen molar-refractivity contribution in [3.8, 4) is 0 Å². The molecule has 3 aromatic heterocycles. The number of carbonyl (C=O) groups is 1. The van der Waals surface area contributed by atoms with Gasteiger partial charge in [-0.1, -0.05) is 23.5 Å². The minimum atomic E-state index is -4.45. The fraction of sp³-hybridized carbons (Fsp3) is 0.167. The highest BCUT2D eigenvalue weighted by Gasteiger charge is 2.39. The number of H-pyrrole nitrogens is 1. The van der Waals surface area contributed by atoms with Crippen molar-refractivity contribution < 1.29 is 22.4 Å². The van der Waals surface area contributed by atoms with Crippen molar-refractivity contribution in [2.45, 2.75) is 19.5 Å². The van der Waals surface area contributed by atoms with Crippen LogP contribution in [0.4, 0.5) is 19.0 Å². The number of anilines is 1. The van der Waals surface area contributed by atoms with E-state index in [0.717, 1.165) is 43.3 Å². The molecular formula is C18H14F3N4OS+. The topological polar surface area (TPSA) is 61.9 Å². The van der Waals surface area contributed by atoms with E-state index in [1.807, 2.05) is 37.3 Å². The van der Waals surface area contributed by atoms with Crippen LogP contribution < -0.4 is 9.72 Å². The molecule has 5 nitrogen and oxygen atoms in total. The third-order valence-electron chi connectivity index (χ3n) is 4.12. The summed E-state index contributed by atoms with van der Waals surface area (Å²) in [5.41, 5.74) is 1.77. The van der Waals surface area contributed by atoms with Gasteiger partial charge in [0.15, 0.2) is 0 Å². The van der Waals surface area contributed by atoms with Crippen LogP contribution in [0.3, 0.4) is 0 Å². The van der Waals surface area contributed by atoms with E-state index >= 15 is 0 Å². The van der Waals surface area contributed by atoms with Crippen LogP contribution in [0.25, 0.3) is 15.7 Å². The van der Waals surface area contributed by atoms with Crippen molar-refractivity contribution in [1.29, 1.82) is 0 Å². The summed E-state index contributed by atoms with van der Waals surface area (Å²) in [6.07, 6.45) is -3.16. The van der Waals surface area contributed by atoms with Gasteiger partial charge in [0.1, 0.15) is 0 Å². The van der Waals surface area contributed by atoms with Gasteiger partial charge in [-0.25, -0.2) is 4.98 Å². The Morgan fingerprint density at radius 1 is 1.30 bits per heavy atom. The van der Waals surface area contributed by atoms with Crippen molar-refractivity contribution in [2.75, 3.05) is 5.32 Å². The number of halogens is 3. The third kappa shape index (κ3) is 3.37. The lowest BCUT2D eigenvalue weighted by Gasteiger charge is -2.04. The molecule has 0 saturated carbocycles. The highest BCUT2D eigenvalue weighted by atomic mass is 32.1. The summed E-state index contributed by atoms with van der Waals surface area (Å²) in [5.74, 6) is -0.0701. The van der Waals surface area contributed by atoms with Gasteiger partial charge in [-0.05, 0) is 30.7 Å². The van der Waals surface area contributed by atoms with Gasteiger partial charge in [0, 0.05) is 16.5 Å². The van der Waals surface area contributed by atoms with Crippen molar-refractivity contribution >= 4 is 38.8 Å². The molecule has 27 heavy (non-hydrogen) atoms. The zero-order chi connectivity index (χ0) is 19.2. The van der Waals surface area contributed by atoms with Gasteiger partial charge in [-0.15, -0.1) is 0 Å². The minimum Gasteiger partial charge on any atom is -0.288 e. The number of aromatic nitrogens is 3. The molecule has 0 bridgehead atoms. The molecular weight excluding hydrogens is 377 g/mol. The van der Waals surface area contributed by atoms with Gasteiger partial charge in [0.2, 0.25) is 17.9 Å². The Bertz CT molecular complexity index is 1160. The molecule has 0 unspecified atom stereocenters. The Kier molecular flexibility index (Phi) is 4.11. The predicted octanol–water partition coefficient (Wildman–Crippen LogP) is 3.87. The number of fused-ring (bicyclic) bond motifs is 2. The van der Waals surface area contributed by atoms with Crippen LogP contribution >= 0.6 is 11.3 Å². The van der Waals surface area contributed by atoms with Crippen LogP contribution in [0, 0.1) is 6.92 Å². The number of carbonyl (C=O) groups excluding carboxylic acids is 1. The number of thiazole rings is 1. The average molecular weight is 391 g/mol. The van der Waals surface area contributed by atoms with Crippen LogP contribution in [0.2, 0.25) is 0 Å². The second-order valence-electron chi connectivity index (χ2n) is 6.15. The van der Waals surface area contributed by atoms with Crippen molar-refractivity contribution in [3.63, 3.8) is 0 Å². The van der Waals surface area contributed by atoms with Gasteiger partial charge in [-0.3, -0.25) is 15.1 Å². The molecule has 0 atom stereocenters. The highest BCUT2D eigenvalue weighted by Crippen LogP contribution is 2.30. The summed E-state index contributed by atoms with van der Waals surface area (Å²) < 4.78 is 39.8. The van der Waals surface area contributed by atoms with Crippen molar-refractivity contribution in [2.24, 2.45) is 0 Å². The summed E-state index contributed by atoms with van der Waals surface area (Å²) >= 11 is 0.914. The number of imidazole rings is 1. The zero-order valence-electron chi connectivity index (χ0n) is 14.1. The standard InChI is InChI=1S/C18H13F3N4OS/c1-10-2-4-12-6-11(3-5-13(12)23-10)7-15(26)24-16-17-25(9-22-16)14(8-27-17)18(19,20)21/h2-6,8-9H,7H2,1H3,(H,24,26)/p+1. The second-order valence-corrected chi connectivity index (χ2v) is 7.01. The largest absolute Gasteiger partial charge is 0.454 e. The number of aromatic amines is 1. The van der Waals surface area contributed by atoms with E-state index in [1.54, 1.807) is 0 Å². The van der Waals surface area contributed by atoms with E-state index < -0.39 is 11.9 Å². The Balaban J connectivity index is 1.54. The molecule has 0 aliphatic heterocycles. The van der Waals surface area contributed by atoms with Crippen LogP contribution in [-0.4, -0.2) is 15.9 Å². The maximum Gasteiger partial charge on any atom is 0.454 e. The normalized spacial score (nSPS) is 12.0. The van der Waals surface area contributed by atoms with Gasteiger partial charge in [-0.2, -0.15) is 17.6 Å². The van der Waals surface area contributed by atoms with Gasteiger partial charge < -0.3 is 0 Å². The predicted molar refractivity (Wildman–Crippen MR) is 95.6 cm³/mol. The Hall–Kier alpha value is -2.94. The lowest BCUT2D eigenvalue weighted by Crippen LogP contribution is -2.27. The molecule has 0 aliphatic carbocycles. The fourth-order valence-electron chi connectivity index (χ4n) is 2.88. The lowest BCUT2D eigenvalue weighted by atomic mass is 10.1. The monoisotopic (exact) mass is 391 g/mol. The molecule has 0 saturated heterocycles. The molecule has 0 radical (unpaired) electrons. The molecule has 2 N–H and O–H groups in total. The lowest BCUT2D eigenvalue weighted by molar-refractivity contribution is -0.537. The van der Waals surface area contributed by atoms with Crippen LogP contribution in [0.5, 0.6) is 0 Å². The molecule has 9 heteroatoms. The van der Waals surface area contributed by atoms with E-state index in [1.165, 1.54) is 6.33 Å². The quantitative estimate of drug-likeness (QED) is 0.521. The molecule has 3 heterocycles. The molecule has 0 fully saturated rings. The molecule has 1 amide bonds. The third-order valence-corrected chi connectivity index (χ3v) is 5.09. The number of nitrogens with one attached hydrogen (secondary N) is 2. The summed E-state index contributed by atoms with van der Waals surface area (Å²) in [6.45, 7) is 1.91. The van der Waals surface area contributed by atoms with E-state index in [2.05, 4.69) is 15.3 Å². The summed E-state index contributed by atoms with van der Waals surface area (Å²) in [7, 11) is 0. The number of pyridine rings is 1. The first-order chi connectivity index (χ1) is 12.8. The zero-order valence-corrected chi connectivity index (χ0v) is 14.9. The fourth-order valence-corrected chi connectivity index (χ4v) is 3.84. The number of alkyl halides is 3. The van der Waals surface area contributed by atoms with Gasteiger partial charge >= 0.3 is 6.18 Å². The number of aryl methyl sites for hydroxylation is 1. The Labute approximate surface area is 155 Å².